The number of rotatable bonds is 7. The molecule has 0 aliphatic carbocycles. The number of nitrogens with zero attached hydrogens (tertiary/aromatic N) is 3. The Morgan fingerprint density at radius 1 is 1.09 bits per heavy atom. The van der Waals surface area contributed by atoms with Crippen LogP contribution in [0.3, 0.4) is 0 Å². The summed E-state index contributed by atoms with van der Waals surface area (Å²) >= 11 is 0. The first-order valence-electron chi connectivity index (χ1n) is 10.1. The molecule has 32 heavy (non-hydrogen) atoms. The summed E-state index contributed by atoms with van der Waals surface area (Å²) in [5, 5.41) is 3.80. The Balaban J connectivity index is 1.50. The molecule has 0 fully saturated rings. The number of hydrogen-bond donors (Lipinski definition) is 0. The van der Waals surface area contributed by atoms with Crippen LogP contribution < -0.4 is 0 Å². The maximum absolute atomic E-state index is 13.1. The van der Waals surface area contributed by atoms with E-state index < -0.39 is 29.6 Å². The molecule has 2 heterocycles. The molecule has 2 unspecified atom stereocenters. The van der Waals surface area contributed by atoms with Gasteiger partial charge >= 0.3 is 5.97 Å². The molecule has 0 saturated heterocycles. The van der Waals surface area contributed by atoms with Gasteiger partial charge in [0.25, 0.3) is 17.7 Å². The van der Waals surface area contributed by atoms with Gasteiger partial charge in [-0.15, -0.1) is 0 Å². The minimum Gasteiger partial charge on any atom is -0.454 e. The van der Waals surface area contributed by atoms with Gasteiger partial charge in [-0.1, -0.05) is 37.6 Å². The van der Waals surface area contributed by atoms with Gasteiger partial charge in [-0.05, 0) is 42.3 Å². The van der Waals surface area contributed by atoms with Crippen molar-refractivity contribution in [2.45, 2.75) is 32.9 Å². The highest BCUT2D eigenvalue weighted by Crippen LogP contribution is 2.29. The van der Waals surface area contributed by atoms with Crippen molar-refractivity contribution in [3.8, 4) is 11.4 Å². The predicted octanol–water partition coefficient (Wildman–Crippen LogP) is 3.63. The van der Waals surface area contributed by atoms with Crippen LogP contribution >= 0.6 is 0 Å². The zero-order valence-electron chi connectivity index (χ0n) is 17.4. The largest absolute Gasteiger partial charge is 0.454 e. The first-order valence-corrected chi connectivity index (χ1v) is 10.1. The summed E-state index contributed by atoms with van der Waals surface area (Å²) in [6, 6.07) is 10.9. The lowest BCUT2D eigenvalue weighted by atomic mass is 9.97. The highest BCUT2D eigenvalue weighted by atomic mass is 19.1. The Labute approximate surface area is 183 Å². The van der Waals surface area contributed by atoms with Crippen LogP contribution in [-0.2, 0) is 16.1 Å². The molecule has 0 spiro atoms. The van der Waals surface area contributed by atoms with E-state index in [1.165, 1.54) is 24.3 Å². The lowest BCUT2D eigenvalue weighted by Gasteiger charge is -2.28. The van der Waals surface area contributed by atoms with Crippen molar-refractivity contribution in [1.82, 2.24) is 15.0 Å². The highest BCUT2D eigenvalue weighted by Gasteiger charge is 2.45. The Hall–Kier alpha value is -3.88. The lowest BCUT2D eigenvalue weighted by molar-refractivity contribution is -0.152. The smallest absolute Gasteiger partial charge is 0.330 e. The van der Waals surface area contributed by atoms with Gasteiger partial charge in [0, 0.05) is 5.56 Å². The zero-order valence-corrected chi connectivity index (χ0v) is 17.4. The van der Waals surface area contributed by atoms with Crippen molar-refractivity contribution < 1.29 is 28.0 Å². The third-order valence-corrected chi connectivity index (χ3v) is 5.44. The quantitative estimate of drug-likeness (QED) is 0.411. The molecule has 8 nitrogen and oxygen atoms in total. The van der Waals surface area contributed by atoms with Crippen LogP contribution in [0.15, 0.2) is 53.1 Å². The number of carbonyl (C=O) groups is 3. The third-order valence-electron chi connectivity index (χ3n) is 5.44. The van der Waals surface area contributed by atoms with Crippen molar-refractivity contribution in [3.63, 3.8) is 0 Å². The molecular weight excluding hydrogens is 417 g/mol. The lowest BCUT2D eigenvalue weighted by Crippen LogP contribution is -2.49. The molecule has 0 bridgehead atoms. The molecule has 164 valence electrons. The average Bonchev–Trinajstić information content (AvgIpc) is 3.37. The summed E-state index contributed by atoms with van der Waals surface area (Å²) in [7, 11) is 0. The number of carbonyl (C=O) groups excluding carboxylic acids is 3. The zero-order chi connectivity index (χ0) is 22.8. The summed E-state index contributed by atoms with van der Waals surface area (Å²) in [6.45, 7) is 3.30. The molecule has 2 atom stereocenters. The molecule has 0 N–H and O–H groups in total. The molecule has 1 aliphatic heterocycles. The molecular formula is C23H20FN3O5. The van der Waals surface area contributed by atoms with Gasteiger partial charge < -0.3 is 9.26 Å². The normalized spacial score (nSPS) is 14.9. The van der Waals surface area contributed by atoms with Gasteiger partial charge in [0.05, 0.1) is 11.1 Å². The second kappa shape index (κ2) is 8.70. The van der Waals surface area contributed by atoms with E-state index in [2.05, 4.69) is 10.1 Å². The standard InChI is InChI=1S/C23H20FN3O5/c1-3-13(2)19(27-21(28)16-6-4-5-7-17(16)22(27)29)23(30)31-12-18-25-20(26-32-18)14-8-10-15(24)11-9-14/h4-11,13,19H,3,12H2,1-2H3. The summed E-state index contributed by atoms with van der Waals surface area (Å²) < 4.78 is 23.5. The van der Waals surface area contributed by atoms with E-state index in [0.717, 1.165) is 4.90 Å². The molecule has 0 radical (unpaired) electrons. The SMILES string of the molecule is CCC(C)C(C(=O)OCc1nc(-c2ccc(F)cc2)no1)N1C(=O)c2ccccc2C1=O. The van der Waals surface area contributed by atoms with Crippen LogP contribution in [-0.4, -0.2) is 38.9 Å². The predicted molar refractivity (Wildman–Crippen MR) is 110 cm³/mol. The minimum atomic E-state index is -1.09. The van der Waals surface area contributed by atoms with Crippen LogP contribution in [0.4, 0.5) is 4.39 Å². The second-order valence-electron chi connectivity index (χ2n) is 7.48. The Bertz CT molecular complexity index is 1140. The fourth-order valence-corrected chi connectivity index (χ4v) is 3.52. The van der Waals surface area contributed by atoms with E-state index in [4.69, 9.17) is 9.26 Å². The van der Waals surface area contributed by atoms with Gasteiger partial charge in [0.1, 0.15) is 11.9 Å². The molecule has 9 heteroatoms. The molecule has 2 aromatic carbocycles. The van der Waals surface area contributed by atoms with E-state index in [-0.39, 0.29) is 35.4 Å². The van der Waals surface area contributed by atoms with Gasteiger partial charge in [0.15, 0.2) is 6.61 Å². The number of halogens is 1. The molecule has 0 saturated carbocycles. The highest BCUT2D eigenvalue weighted by molar-refractivity contribution is 6.22. The summed E-state index contributed by atoms with van der Waals surface area (Å²) in [4.78, 5) is 43.8. The summed E-state index contributed by atoms with van der Waals surface area (Å²) in [5.74, 6) is -2.26. The number of hydrogen-bond acceptors (Lipinski definition) is 7. The topological polar surface area (TPSA) is 103 Å². The number of ether oxygens (including phenoxy) is 1. The van der Waals surface area contributed by atoms with E-state index in [9.17, 15) is 18.8 Å². The van der Waals surface area contributed by atoms with Crippen LogP contribution in [0.1, 0.15) is 46.9 Å². The van der Waals surface area contributed by atoms with Crippen molar-refractivity contribution in [3.05, 3.63) is 71.4 Å². The van der Waals surface area contributed by atoms with Crippen LogP contribution in [0, 0.1) is 11.7 Å². The number of benzene rings is 2. The fourth-order valence-electron chi connectivity index (χ4n) is 3.52. The Morgan fingerprint density at radius 2 is 1.72 bits per heavy atom. The first kappa shape index (κ1) is 21.4. The maximum Gasteiger partial charge on any atom is 0.330 e. The van der Waals surface area contributed by atoms with Gasteiger partial charge in [0.2, 0.25) is 5.82 Å². The van der Waals surface area contributed by atoms with Crippen molar-refractivity contribution in [1.29, 1.82) is 0 Å². The number of amides is 2. The summed E-state index contributed by atoms with van der Waals surface area (Å²) in [5.41, 5.74) is 1.06. The number of esters is 1. The fraction of sp³-hybridized carbons (Fsp3) is 0.261. The molecule has 3 aromatic rings. The van der Waals surface area contributed by atoms with E-state index in [1.54, 1.807) is 31.2 Å². The van der Waals surface area contributed by atoms with E-state index in [1.807, 2.05) is 6.92 Å². The van der Waals surface area contributed by atoms with Crippen molar-refractivity contribution >= 4 is 17.8 Å². The minimum absolute atomic E-state index is 0.0305. The van der Waals surface area contributed by atoms with Gasteiger partial charge in [-0.25, -0.2) is 9.18 Å². The Morgan fingerprint density at radius 3 is 2.31 bits per heavy atom. The van der Waals surface area contributed by atoms with Crippen LogP contribution in [0.5, 0.6) is 0 Å². The molecule has 1 aromatic heterocycles. The third kappa shape index (κ3) is 3.89. The van der Waals surface area contributed by atoms with Crippen molar-refractivity contribution in [2.75, 3.05) is 0 Å². The first-order chi connectivity index (χ1) is 15.4. The van der Waals surface area contributed by atoms with Gasteiger partial charge in [-0.3, -0.25) is 14.5 Å². The molecule has 2 amide bonds. The van der Waals surface area contributed by atoms with Crippen LogP contribution in [0.2, 0.25) is 0 Å². The van der Waals surface area contributed by atoms with Crippen LogP contribution in [0.25, 0.3) is 11.4 Å². The summed E-state index contributed by atoms with van der Waals surface area (Å²) in [6.07, 6.45) is 0.544. The van der Waals surface area contributed by atoms with E-state index in [0.29, 0.717) is 12.0 Å². The van der Waals surface area contributed by atoms with Crippen molar-refractivity contribution in [2.24, 2.45) is 5.92 Å². The van der Waals surface area contributed by atoms with Gasteiger partial charge in [-0.2, -0.15) is 4.98 Å². The molecule has 4 rings (SSSR count). The van der Waals surface area contributed by atoms with E-state index >= 15 is 0 Å². The number of fused-ring (bicyclic) bond motifs is 1. The average molecular weight is 437 g/mol. The molecule has 1 aliphatic rings. The Kier molecular flexibility index (Phi) is 5.81. The monoisotopic (exact) mass is 437 g/mol. The number of imide groups is 1. The maximum atomic E-state index is 13.1. The second-order valence-corrected chi connectivity index (χ2v) is 7.48. The number of aromatic nitrogens is 2.